The third-order valence-electron chi connectivity index (χ3n) is 2.44. The summed E-state index contributed by atoms with van der Waals surface area (Å²) < 4.78 is 3.17. The van der Waals surface area contributed by atoms with Crippen LogP contribution in [-0.4, -0.2) is 28.3 Å². The molecule has 0 aliphatic heterocycles. The van der Waals surface area contributed by atoms with Crippen LogP contribution >= 0.6 is 27.7 Å². The van der Waals surface area contributed by atoms with Gasteiger partial charge in [-0.05, 0) is 42.1 Å². The monoisotopic (exact) mass is 305 g/mol. The third kappa shape index (κ3) is 3.50. The number of nitrogens with one attached hydrogen (secondary N) is 1. The smallest absolute Gasteiger partial charge is 0.0703 e. The molecule has 1 atom stereocenters. The molecule has 1 aromatic heterocycles. The van der Waals surface area contributed by atoms with E-state index in [0.29, 0.717) is 6.04 Å². The summed E-state index contributed by atoms with van der Waals surface area (Å²) in [7, 11) is 0. The van der Waals surface area contributed by atoms with Crippen molar-refractivity contribution in [3.8, 4) is 0 Å². The molecule has 1 N–H and O–H groups in total. The molecule has 0 amide bonds. The van der Waals surface area contributed by atoms with Crippen LogP contribution in [0, 0.1) is 0 Å². The SMILES string of the molecule is CCCNC(CSC)c1c(Br)cnn1CC. The second-order valence-electron chi connectivity index (χ2n) is 3.66. The normalized spacial score (nSPS) is 13.0. The summed E-state index contributed by atoms with van der Waals surface area (Å²) in [6, 6.07) is 0.381. The number of rotatable bonds is 7. The molecule has 0 aliphatic rings. The first-order chi connectivity index (χ1) is 7.74. The molecule has 0 spiro atoms. The van der Waals surface area contributed by atoms with Crippen LogP contribution in [0.1, 0.15) is 32.0 Å². The van der Waals surface area contributed by atoms with Crippen molar-refractivity contribution in [3.05, 3.63) is 16.4 Å². The molecule has 0 aliphatic carbocycles. The van der Waals surface area contributed by atoms with Gasteiger partial charge < -0.3 is 5.32 Å². The fourth-order valence-electron chi connectivity index (χ4n) is 1.69. The van der Waals surface area contributed by atoms with Crippen LogP contribution in [-0.2, 0) is 6.54 Å². The van der Waals surface area contributed by atoms with E-state index in [0.717, 1.165) is 29.7 Å². The lowest BCUT2D eigenvalue weighted by Crippen LogP contribution is -2.27. The molecule has 16 heavy (non-hydrogen) atoms. The Bertz CT molecular complexity index is 314. The van der Waals surface area contributed by atoms with Crippen LogP contribution in [0.3, 0.4) is 0 Å². The van der Waals surface area contributed by atoms with Crippen LogP contribution in [0.5, 0.6) is 0 Å². The Labute approximate surface area is 110 Å². The van der Waals surface area contributed by atoms with E-state index in [1.54, 1.807) is 0 Å². The standard InChI is InChI=1S/C11H20BrN3S/c1-4-6-13-10(8-16-3)11-9(12)7-14-15(11)5-2/h7,10,13H,4-6,8H2,1-3H3. The number of hydrogen-bond donors (Lipinski definition) is 1. The number of aromatic nitrogens is 2. The van der Waals surface area contributed by atoms with E-state index in [9.17, 15) is 0 Å². The molecule has 0 saturated heterocycles. The second-order valence-corrected chi connectivity index (χ2v) is 5.42. The van der Waals surface area contributed by atoms with Gasteiger partial charge in [-0.15, -0.1) is 0 Å². The van der Waals surface area contributed by atoms with E-state index >= 15 is 0 Å². The molecule has 92 valence electrons. The van der Waals surface area contributed by atoms with Gasteiger partial charge in [0.15, 0.2) is 0 Å². The zero-order chi connectivity index (χ0) is 12.0. The molecule has 1 aromatic rings. The molecular formula is C11H20BrN3S. The molecule has 1 heterocycles. The fourth-order valence-corrected chi connectivity index (χ4v) is 2.87. The zero-order valence-corrected chi connectivity index (χ0v) is 12.6. The van der Waals surface area contributed by atoms with Gasteiger partial charge in [0.1, 0.15) is 0 Å². The first-order valence-electron chi connectivity index (χ1n) is 5.68. The Hall–Kier alpha value is 0. The van der Waals surface area contributed by atoms with Crippen molar-refractivity contribution in [3.63, 3.8) is 0 Å². The first kappa shape index (κ1) is 14.1. The van der Waals surface area contributed by atoms with Crippen molar-refractivity contribution in [1.82, 2.24) is 15.1 Å². The number of aryl methyl sites for hydroxylation is 1. The molecule has 0 fully saturated rings. The number of halogens is 1. The van der Waals surface area contributed by atoms with Crippen molar-refractivity contribution in [2.75, 3.05) is 18.6 Å². The predicted molar refractivity (Wildman–Crippen MR) is 75.0 cm³/mol. The van der Waals surface area contributed by atoms with Gasteiger partial charge in [-0.1, -0.05) is 6.92 Å². The topological polar surface area (TPSA) is 29.9 Å². The van der Waals surface area contributed by atoms with Gasteiger partial charge >= 0.3 is 0 Å². The van der Waals surface area contributed by atoms with E-state index in [-0.39, 0.29) is 0 Å². The third-order valence-corrected chi connectivity index (χ3v) is 3.71. The summed E-state index contributed by atoms with van der Waals surface area (Å²) in [5.41, 5.74) is 1.27. The van der Waals surface area contributed by atoms with Crippen molar-refractivity contribution < 1.29 is 0 Å². The molecule has 0 saturated carbocycles. The number of hydrogen-bond acceptors (Lipinski definition) is 3. The highest BCUT2D eigenvalue weighted by Gasteiger charge is 2.18. The molecule has 1 unspecified atom stereocenters. The lowest BCUT2D eigenvalue weighted by atomic mass is 10.2. The van der Waals surface area contributed by atoms with Crippen LogP contribution in [0.4, 0.5) is 0 Å². The van der Waals surface area contributed by atoms with Gasteiger partial charge in [0, 0.05) is 12.3 Å². The van der Waals surface area contributed by atoms with Crippen molar-refractivity contribution >= 4 is 27.7 Å². The first-order valence-corrected chi connectivity index (χ1v) is 7.86. The molecular weight excluding hydrogens is 286 g/mol. The molecule has 0 aromatic carbocycles. The maximum absolute atomic E-state index is 4.37. The summed E-state index contributed by atoms with van der Waals surface area (Å²) in [5.74, 6) is 1.07. The highest BCUT2D eigenvalue weighted by atomic mass is 79.9. The highest BCUT2D eigenvalue weighted by molar-refractivity contribution is 9.10. The van der Waals surface area contributed by atoms with Gasteiger partial charge in [0.2, 0.25) is 0 Å². The van der Waals surface area contributed by atoms with Gasteiger partial charge in [-0.3, -0.25) is 4.68 Å². The van der Waals surface area contributed by atoms with Gasteiger partial charge in [-0.25, -0.2) is 0 Å². The van der Waals surface area contributed by atoms with Crippen LogP contribution in [0.2, 0.25) is 0 Å². The van der Waals surface area contributed by atoms with Crippen LogP contribution < -0.4 is 5.32 Å². The fraction of sp³-hybridized carbons (Fsp3) is 0.727. The zero-order valence-electron chi connectivity index (χ0n) is 10.2. The van der Waals surface area contributed by atoms with E-state index in [1.165, 1.54) is 5.69 Å². The average Bonchev–Trinajstić information content (AvgIpc) is 2.66. The molecule has 1 rings (SSSR count). The van der Waals surface area contributed by atoms with Crippen molar-refractivity contribution in [2.24, 2.45) is 0 Å². The maximum atomic E-state index is 4.37. The number of nitrogens with zero attached hydrogens (tertiary/aromatic N) is 2. The Morgan fingerprint density at radius 3 is 2.88 bits per heavy atom. The lowest BCUT2D eigenvalue weighted by molar-refractivity contribution is 0.513. The van der Waals surface area contributed by atoms with E-state index in [1.807, 2.05) is 18.0 Å². The summed E-state index contributed by atoms with van der Waals surface area (Å²) in [4.78, 5) is 0. The van der Waals surface area contributed by atoms with Gasteiger partial charge in [0.25, 0.3) is 0 Å². The largest absolute Gasteiger partial charge is 0.308 e. The van der Waals surface area contributed by atoms with Gasteiger partial charge in [-0.2, -0.15) is 16.9 Å². The lowest BCUT2D eigenvalue weighted by Gasteiger charge is -2.19. The second kappa shape index (κ2) is 7.35. The summed E-state index contributed by atoms with van der Waals surface area (Å²) in [5, 5.41) is 7.94. The Morgan fingerprint density at radius 1 is 1.56 bits per heavy atom. The summed E-state index contributed by atoms with van der Waals surface area (Å²) >= 11 is 5.45. The predicted octanol–water partition coefficient (Wildman–Crippen LogP) is 3.07. The minimum absolute atomic E-state index is 0.381. The Morgan fingerprint density at radius 2 is 2.31 bits per heavy atom. The quantitative estimate of drug-likeness (QED) is 0.839. The Balaban J connectivity index is 2.85. The molecule has 0 bridgehead atoms. The molecule has 0 radical (unpaired) electrons. The molecule has 5 heteroatoms. The van der Waals surface area contributed by atoms with Gasteiger partial charge in [0.05, 0.1) is 22.4 Å². The van der Waals surface area contributed by atoms with E-state index < -0.39 is 0 Å². The maximum Gasteiger partial charge on any atom is 0.0703 e. The van der Waals surface area contributed by atoms with Crippen LogP contribution in [0.15, 0.2) is 10.7 Å². The Kier molecular flexibility index (Phi) is 6.46. The van der Waals surface area contributed by atoms with Crippen molar-refractivity contribution in [1.29, 1.82) is 0 Å². The summed E-state index contributed by atoms with van der Waals surface area (Å²) in [6.45, 7) is 6.28. The highest BCUT2D eigenvalue weighted by Crippen LogP contribution is 2.25. The van der Waals surface area contributed by atoms with Crippen LogP contribution in [0.25, 0.3) is 0 Å². The van der Waals surface area contributed by atoms with E-state index in [2.05, 4.69) is 51.1 Å². The van der Waals surface area contributed by atoms with E-state index in [4.69, 9.17) is 0 Å². The minimum Gasteiger partial charge on any atom is -0.308 e. The summed E-state index contributed by atoms with van der Waals surface area (Å²) in [6.07, 6.45) is 5.18. The average molecular weight is 306 g/mol. The van der Waals surface area contributed by atoms with Crippen molar-refractivity contribution in [2.45, 2.75) is 32.9 Å². The number of thioether (sulfide) groups is 1. The molecule has 3 nitrogen and oxygen atoms in total. The minimum atomic E-state index is 0.381.